The Balaban J connectivity index is 2.62. The number of nitrogens with zero attached hydrogens (tertiary/aromatic N) is 1. The average Bonchev–Trinajstić information content (AvgIpc) is 2.37. The van der Waals surface area contributed by atoms with Crippen LogP contribution in [-0.4, -0.2) is 37.5 Å². The van der Waals surface area contributed by atoms with E-state index in [1.165, 1.54) is 11.0 Å². The molecule has 0 aliphatic carbocycles. The van der Waals surface area contributed by atoms with E-state index >= 15 is 0 Å². The molecule has 0 unspecified atom stereocenters. The van der Waals surface area contributed by atoms with Gasteiger partial charge in [-0.05, 0) is 18.2 Å². The summed E-state index contributed by atoms with van der Waals surface area (Å²) >= 11 is 0. The number of halogens is 3. The molecule has 0 spiro atoms. The molecule has 0 aliphatic heterocycles. The van der Waals surface area contributed by atoms with E-state index in [0.29, 0.717) is 0 Å². The average molecular weight is 289 g/mol. The number of rotatable bonds is 4. The molecule has 0 saturated carbocycles. The fraction of sp³-hybridized carbons (Fsp3) is 0.385. The van der Waals surface area contributed by atoms with Gasteiger partial charge in [0.2, 0.25) is 5.91 Å². The largest absolute Gasteiger partial charge is 0.462 e. The second-order valence-electron chi connectivity index (χ2n) is 4.25. The summed E-state index contributed by atoms with van der Waals surface area (Å²) < 4.78 is 42.2. The predicted molar refractivity (Wildman–Crippen MR) is 65.0 cm³/mol. The van der Waals surface area contributed by atoms with Crippen molar-refractivity contribution in [1.82, 2.24) is 4.90 Å². The molecule has 0 heterocycles. The molecule has 0 radical (unpaired) electrons. The van der Waals surface area contributed by atoms with Gasteiger partial charge in [-0.1, -0.05) is 6.07 Å². The molecule has 1 aromatic carbocycles. The molecule has 1 aromatic rings. The van der Waals surface area contributed by atoms with Crippen LogP contribution in [0.1, 0.15) is 22.3 Å². The number of alkyl halides is 3. The van der Waals surface area contributed by atoms with E-state index in [9.17, 15) is 22.8 Å². The van der Waals surface area contributed by atoms with Gasteiger partial charge >= 0.3 is 12.1 Å². The van der Waals surface area contributed by atoms with Gasteiger partial charge in [-0.3, -0.25) is 4.79 Å². The number of carbonyl (C=O) groups is 2. The van der Waals surface area contributed by atoms with Crippen LogP contribution in [0.2, 0.25) is 0 Å². The Hall–Kier alpha value is -2.05. The second-order valence-corrected chi connectivity index (χ2v) is 4.25. The molecular formula is C13H14F3NO3. The van der Waals surface area contributed by atoms with Gasteiger partial charge in [-0.15, -0.1) is 0 Å². The van der Waals surface area contributed by atoms with Gasteiger partial charge in [-0.2, -0.15) is 13.2 Å². The molecule has 4 nitrogen and oxygen atoms in total. The zero-order chi connectivity index (χ0) is 15.3. The Kier molecular flexibility index (Phi) is 5.12. The van der Waals surface area contributed by atoms with Crippen LogP contribution in [0.5, 0.6) is 0 Å². The van der Waals surface area contributed by atoms with E-state index in [1.54, 1.807) is 14.1 Å². The lowest BCUT2D eigenvalue weighted by molar-refractivity contribution is -0.137. The zero-order valence-corrected chi connectivity index (χ0v) is 11.0. The first-order valence-electron chi connectivity index (χ1n) is 5.76. The van der Waals surface area contributed by atoms with E-state index in [0.717, 1.165) is 18.2 Å². The highest BCUT2D eigenvalue weighted by Gasteiger charge is 2.31. The van der Waals surface area contributed by atoms with Crippen LogP contribution in [-0.2, 0) is 15.7 Å². The van der Waals surface area contributed by atoms with Gasteiger partial charge in [0, 0.05) is 14.1 Å². The first-order valence-corrected chi connectivity index (χ1v) is 5.76. The van der Waals surface area contributed by atoms with Crippen LogP contribution in [0.4, 0.5) is 13.2 Å². The van der Waals surface area contributed by atoms with E-state index in [1.807, 2.05) is 0 Å². The highest BCUT2D eigenvalue weighted by atomic mass is 19.4. The molecule has 1 amide bonds. The second kappa shape index (κ2) is 6.40. The summed E-state index contributed by atoms with van der Waals surface area (Å²) in [6.07, 6.45) is -4.53. The number of amides is 1. The van der Waals surface area contributed by atoms with Gasteiger partial charge < -0.3 is 9.64 Å². The molecule has 0 saturated heterocycles. The minimum atomic E-state index is -4.52. The Morgan fingerprint density at radius 1 is 1.25 bits per heavy atom. The quantitative estimate of drug-likeness (QED) is 0.799. The molecule has 20 heavy (non-hydrogen) atoms. The van der Waals surface area contributed by atoms with Crippen molar-refractivity contribution < 1.29 is 27.5 Å². The van der Waals surface area contributed by atoms with Crippen LogP contribution in [0.15, 0.2) is 24.3 Å². The van der Waals surface area contributed by atoms with Crippen molar-refractivity contribution in [1.29, 1.82) is 0 Å². The SMILES string of the molecule is CN(C)C(=O)CCOC(=O)c1cccc(C(F)(F)F)c1. The third-order valence-electron chi connectivity index (χ3n) is 2.47. The maximum Gasteiger partial charge on any atom is 0.416 e. The smallest absolute Gasteiger partial charge is 0.416 e. The van der Waals surface area contributed by atoms with Crippen LogP contribution < -0.4 is 0 Å². The number of benzene rings is 1. The van der Waals surface area contributed by atoms with E-state index < -0.39 is 17.7 Å². The van der Waals surface area contributed by atoms with Crippen LogP contribution in [0, 0.1) is 0 Å². The summed E-state index contributed by atoms with van der Waals surface area (Å²) in [7, 11) is 3.11. The highest BCUT2D eigenvalue weighted by Crippen LogP contribution is 2.29. The molecule has 0 bridgehead atoms. The summed E-state index contributed by atoms with van der Waals surface area (Å²) in [5.74, 6) is -1.12. The molecule has 110 valence electrons. The Bertz CT molecular complexity index is 498. The fourth-order valence-electron chi connectivity index (χ4n) is 1.36. The zero-order valence-electron chi connectivity index (χ0n) is 11.0. The third-order valence-corrected chi connectivity index (χ3v) is 2.47. The van der Waals surface area contributed by atoms with Crippen LogP contribution in [0.3, 0.4) is 0 Å². The minimum Gasteiger partial charge on any atom is -0.462 e. The summed E-state index contributed by atoms with van der Waals surface area (Å²) in [6.45, 7) is -0.175. The lowest BCUT2D eigenvalue weighted by atomic mass is 10.1. The fourth-order valence-corrected chi connectivity index (χ4v) is 1.36. The molecule has 0 aliphatic rings. The summed E-state index contributed by atoms with van der Waals surface area (Å²) in [5, 5.41) is 0. The Morgan fingerprint density at radius 3 is 2.45 bits per heavy atom. The summed E-state index contributed by atoms with van der Waals surface area (Å²) in [5.41, 5.74) is -1.12. The molecule has 0 atom stereocenters. The van der Waals surface area contributed by atoms with Crippen molar-refractivity contribution >= 4 is 11.9 Å². The number of ether oxygens (including phenoxy) is 1. The number of carbonyl (C=O) groups excluding carboxylic acids is 2. The first kappa shape index (κ1) is 16.0. The normalized spacial score (nSPS) is 11.1. The lowest BCUT2D eigenvalue weighted by Crippen LogP contribution is -2.23. The van der Waals surface area contributed by atoms with E-state index in [4.69, 9.17) is 4.74 Å². The van der Waals surface area contributed by atoms with Crippen LogP contribution >= 0.6 is 0 Å². The summed E-state index contributed by atoms with van der Waals surface area (Å²) in [6, 6.07) is 3.94. The topological polar surface area (TPSA) is 46.6 Å². The Morgan fingerprint density at radius 2 is 1.90 bits per heavy atom. The highest BCUT2D eigenvalue weighted by molar-refractivity contribution is 5.89. The van der Waals surface area contributed by atoms with Crippen molar-refractivity contribution in [3.8, 4) is 0 Å². The van der Waals surface area contributed by atoms with Gasteiger partial charge in [0.1, 0.15) is 6.61 Å². The van der Waals surface area contributed by atoms with Gasteiger partial charge in [0.15, 0.2) is 0 Å². The van der Waals surface area contributed by atoms with Crippen LogP contribution in [0.25, 0.3) is 0 Å². The molecule has 0 fully saturated rings. The molecule has 0 N–H and O–H groups in total. The number of esters is 1. The maximum atomic E-state index is 12.5. The van der Waals surface area contributed by atoms with Crippen molar-refractivity contribution in [2.75, 3.05) is 20.7 Å². The molecule has 7 heteroatoms. The van der Waals surface area contributed by atoms with Crippen molar-refractivity contribution in [3.63, 3.8) is 0 Å². The monoisotopic (exact) mass is 289 g/mol. The third kappa shape index (κ3) is 4.56. The Labute approximate surface area is 114 Å². The summed E-state index contributed by atoms with van der Waals surface area (Å²) in [4.78, 5) is 24.1. The van der Waals surface area contributed by atoms with Gasteiger partial charge in [0.05, 0.1) is 17.5 Å². The van der Waals surface area contributed by atoms with Crippen molar-refractivity contribution in [2.24, 2.45) is 0 Å². The van der Waals surface area contributed by atoms with Gasteiger partial charge in [0.25, 0.3) is 0 Å². The maximum absolute atomic E-state index is 12.5. The predicted octanol–water partition coefficient (Wildman–Crippen LogP) is 2.34. The number of hydrogen-bond acceptors (Lipinski definition) is 3. The minimum absolute atomic E-state index is 0.0162. The van der Waals surface area contributed by atoms with Crippen molar-refractivity contribution in [3.05, 3.63) is 35.4 Å². The molecule has 1 rings (SSSR count). The number of hydrogen-bond donors (Lipinski definition) is 0. The lowest BCUT2D eigenvalue weighted by Gasteiger charge is -2.11. The van der Waals surface area contributed by atoms with Gasteiger partial charge in [-0.25, -0.2) is 4.79 Å². The molecular weight excluding hydrogens is 275 g/mol. The molecule has 0 aromatic heterocycles. The van der Waals surface area contributed by atoms with E-state index in [-0.39, 0.29) is 24.5 Å². The van der Waals surface area contributed by atoms with E-state index in [2.05, 4.69) is 0 Å². The van der Waals surface area contributed by atoms with Crippen molar-refractivity contribution in [2.45, 2.75) is 12.6 Å². The standard InChI is InChI=1S/C13H14F3NO3/c1-17(2)11(18)6-7-20-12(19)9-4-3-5-10(8-9)13(14,15)16/h3-5,8H,6-7H2,1-2H3. The first-order chi connectivity index (χ1) is 9.21.